The summed E-state index contributed by atoms with van der Waals surface area (Å²) in [6.45, 7) is 7.35. The molecule has 0 radical (unpaired) electrons. The van der Waals surface area contributed by atoms with Crippen LogP contribution in [0.1, 0.15) is 71.6 Å². The van der Waals surface area contributed by atoms with Crippen LogP contribution in [0.5, 0.6) is 5.75 Å². The third-order valence-electron chi connectivity index (χ3n) is 7.68. The maximum atomic E-state index is 12.5. The standard InChI is InChI=1S/C28H43NO6S/c1-22(2)35-27(30)29-14-12-28(13-15-29)20-23(21-28)6-5-17-32-24-8-10-25(11-9-24)36(31)19-18-34-26-7-3-4-16-33-26/h8-11,22-23,26H,3-7,12-21H2,1-2H3. The average Bonchev–Trinajstić information content (AvgIpc) is 2.86. The molecule has 0 aromatic heterocycles. The van der Waals surface area contributed by atoms with Gasteiger partial charge < -0.3 is 23.8 Å². The van der Waals surface area contributed by atoms with Gasteiger partial charge in [0, 0.05) is 24.6 Å². The molecule has 202 valence electrons. The van der Waals surface area contributed by atoms with Gasteiger partial charge in [-0.3, -0.25) is 4.21 Å². The van der Waals surface area contributed by atoms with Crippen LogP contribution in [0.3, 0.4) is 0 Å². The lowest BCUT2D eigenvalue weighted by atomic mass is 9.56. The summed E-state index contributed by atoms with van der Waals surface area (Å²) in [5.41, 5.74) is 0.445. The number of carbonyl (C=O) groups is 1. The number of piperidine rings is 1. The van der Waals surface area contributed by atoms with E-state index in [1.54, 1.807) is 0 Å². The van der Waals surface area contributed by atoms with Gasteiger partial charge in [-0.25, -0.2) is 4.79 Å². The van der Waals surface area contributed by atoms with Crippen LogP contribution in [0.25, 0.3) is 0 Å². The fourth-order valence-corrected chi connectivity index (χ4v) is 6.61. The summed E-state index contributed by atoms with van der Waals surface area (Å²) < 4.78 is 35.0. The molecule has 2 aliphatic heterocycles. The Bertz CT molecular complexity index is 838. The second kappa shape index (κ2) is 13.2. The van der Waals surface area contributed by atoms with Crippen LogP contribution in [-0.2, 0) is 25.0 Å². The summed E-state index contributed by atoms with van der Waals surface area (Å²) in [4.78, 5) is 14.8. The molecule has 2 heterocycles. The smallest absolute Gasteiger partial charge is 0.410 e. The summed E-state index contributed by atoms with van der Waals surface area (Å²) in [7, 11) is -1.08. The van der Waals surface area contributed by atoms with Gasteiger partial charge >= 0.3 is 6.09 Å². The SMILES string of the molecule is CC(C)OC(=O)N1CCC2(CC1)CC(CCCOc1ccc(S(=O)CCOC3CCCCO3)cc1)C2. The highest BCUT2D eigenvalue weighted by Gasteiger charge is 2.46. The van der Waals surface area contributed by atoms with E-state index in [4.69, 9.17) is 18.9 Å². The van der Waals surface area contributed by atoms with Crippen LogP contribution < -0.4 is 4.74 Å². The van der Waals surface area contributed by atoms with E-state index in [9.17, 15) is 9.00 Å². The van der Waals surface area contributed by atoms with E-state index in [2.05, 4.69) is 0 Å². The Morgan fingerprint density at radius 3 is 2.56 bits per heavy atom. The molecular formula is C28H43NO6S. The van der Waals surface area contributed by atoms with Crippen molar-refractivity contribution in [2.75, 3.05) is 38.7 Å². The molecule has 3 aliphatic rings. The van der Waals surface area contributed by atoms with E-state index in [1.807, 2.05) is 43.0 Å². The van der Waals surface area contributed by atoms with E-state index in [-0.39, 0.29) is 18.5 Å². The van der Waals surface area contributed by atoms with Gasteiger partial charge in [0.15, 0.2) is 6.29 Å². The molecule has 2 unspecified atom stereocenters. The largest absolute Gasteiger partial charge is 0.494 e. The summed E-state index contributed by atoms with van der Waals surface area (Å²) in [5.74, 6) is 2.07. The molecule has 2 atom stereocenters. The molecule has 36 heavy (non-hydrogen) atoms. The van der Waals surface area contributed by atoms with Crippen molar-refractivity contribution in [2.45, 2.75) is 88.9 Å². The van der Waals surface area contributed by atoms with Crippen LogP contribution >= 0.6 is 0 Å². The van der Waals surface area contributed by atoms with Gasteiger partial charge in [0.05, 0.1) is 35.9 Å². The molecule has 4 rings (SSSR count). The van der Waals surface area contributed by atoms with Crippen LogP contribution in [0.2, 0.25) is 0 Å². The topological polar surface area (TPSA) is 74.3 Å². The number of hydrogen-bond acceptors (Lipinski definition) is 6. The highest BCUT2D eigenvalue weighted by molar-refractivity contribution is 7.85. The number of carbonyl (C=O) groups excluding carboxylic acids is 1. The predicted octanol–water partition coefficient (Wildman–Crippen LogP) is 5.53. The average molecular weight is 522 g/mol. The number of rotatable bonds is 11. The predicted molar refractivity (Wildman–Crippen MR) is 140 cm³/mol. The van der Waals surface area contributed by atoms with Crippen molar-refractivity contribution in [3.63, 3.8) is 0 Å². The van der Waals surface area contributed by atoms with Gasteiger partial charge in [0.25, 0.3) is 0 Å². The zero-order valence-corrected chi connectivity index (χ0v) is 22.8. The highest BCUT2D eigenvalue weighted by atomic mass is 32.2. The quantitative estimate of drug-likeness (QED) is 0.356. The lowest BCUT2D eigenvalue weighted by molar-refractivity contribution is -0.158. The first-order valence-electron chi connectivity index (χ1n) is 13.7. The third-order valence-corrected chi connectivity index (χ3v) is 9.02. The van der Waals surface area contributed by atoms with E-state index in [0.717, 1.165) is 74.8 Å². The number of likely N-dealkylation sites (tertiary alicyclic amines) is 1. The molecule has 0 N–H and O–H groups in total. The van der Waals surface area contributed by atoms with E-state index in [0.29, 0.717) is 24.4 Å². The summed E-state index contributed by atoms with van der Waals surface area (Å²) in [6, 6.07) is 7.60. The third kappa shape index (κ3) is 7.93. The lowest BCUT2D eigenvalue weighted by Gasteiger charge is -2.52. The minimum atomic E-state index is -1.08. The summed E-state index contributed by atoms with van der Waals surface area (Å²) in [6.07, 6.45) is 9.78. The first kappa shape index (κ1) is 27.4. The summed E-state index contributed by atoms with van der Waals surface area (Å²) >= 11 is 0. The van der Waals surface area contributed by atoms with Crippen LogP contribution in [0.15, 0.2) is 29.2 Å². The number of hydrogen-bond donors (Lipinski definition) is 0. The second-order valence-electron chi connectivity index (χ2n) is 10.9. The van der Waals surface area contributed by atoms with Crippen LogP contribution in [0.4, 0.5) is 4.79 Å². The van der Waals surface area contributed by atoms with Gasteiger partial charge in [0.1, 0.15) is 5.75 Å². The minimum absolute atomic E-state index is 0.0580. The van der Waals surface area contributed by atoms with Crippen molar-refractivity contribution < 1.29 is 28.0 Å². The molecule has 1 spiro atoms. The fraction of sp³-hybridized carbons (Fsp3) is 0.750. The van der Waals surface area contributed by atoms with Gasteiger partial charge in [-0.05, 0) is 107 Å². The van der Waals surface area contributed by atoms with E-state index in [1.165, 1.54) is 19.3 Å². The fourth-order valence-electron chi connectivity index (χ4n) is 5.68. The molecular weight excluding hydrogens is 478 g/mol. The van der Waals surface area contributed by atoms with E-state index < -0.39 is 10.8 Å². The number of amides is 1. The maximum Gasteiger partial charge on any atom is 0.410 e. The van der Waals surface area contributed by atoms with Gasteiger partial charge in [-0.15, -0.1) is 0 Å². The Kier molecular flexibility index (Phi) is 10.1. The summed E-state index contributed by atoms with van der Waals surface area (Å²) in [5, 5.41) is 0. The highest BCUT2D eigenvalue weighted by Crippen LogP contribution is 2.54. The maximum absolute atomic E-state index is 12.5. The normalized spacial score (nSPS) is 22.9. The van der Waals surface area contributed by atoms with Crippen LogP contribution in [-0.4, -0.2) is 66.3 Å². The van der Waals surface area contributed by atoms with Crippen LogP contribution in [0, 0.1) is 11.3 Å². The van der Waals surface area contributed by atoms with Crippen molar-refractivity contribution in [1.82, 2.24) is 4.90 Å². The lowest BCUT2D eigenvalue weighted by Crippen LogP contribution is -2.49. The molecule has 0 bridgehead atoms. The van der Waals surface area contributed by atoms with Crippen molar-refractivity contribution >= 4 is 16.9 Å². The van der Waals surface area contributed by atoms with Crippen molar-refractivity contribution in [1.29, 1.82) is 0 Å². The molecule has 1 aromatic rings. The molecule has 2 saturated heterocycles. The number of benzene rings is 1. The van der Waals surface area contributed by atoms with Crippen molar-refractivity contribution in [2.24, 2.45) is 11.3 Å². The van der Waals surface area contributed by atoms with Gasteiger partial charge in [-0.2, -0.15) is 0 Å². The molecule has 8 heteroatoms. The number of nitrogens with zero attached hydrogens (tertiary/aromatic N) is 1. The van der Waals surface area contributed by atoms with Crippen molar-refractivity contribution in [3.8, 4) is 5.75 Å². The molecule has 7 nitrogen and oxygen atoms in total. The first-order valence-corrected chi connectivity index (χ1v) is 15.0. The Balaban J connectivity index is 1.06. The van der Waals surface area contributed by atoms with E-state index >= 15 is 0 Å². The molecule has 3 fully saturated rings. The Labute approximate surface area is 218 Å². The Hall–Kier alpha value is -1.64. The zero-order chi connectivity index (χ0) is 25.4. The second-order valence-corrected chi connectivity index (χ2v) is 12.4. The van der Waals surface area contributed by atoms with Crippen molar-refractivity contribution in [3.05, 3.63) is 24.3 Å². The molecule has 1 amide bonds. The van der Waals surface area contributed by atoms with Gasteiger partial charge in [0.2, 0.25) is 0 Å². The first-order chi connectivity index (χ1) is 17.4. The molecule has 1 aliphatic carbocycles. The Morgan fingerprint density at radius 2 is 1.89 bits per heavy atom. The zero-order valence-electron chi connectivity index (χ0n) is 22.0. The monoisotopic (exact) mass is 521 g/mol. The molecule has 1 aromatic carbocycles. The number of ether oxygens (including phenoxy) is 4. The Morgan fingerprint density at radius 1 is 1.14 bits per heavy atom. The minimum Gasteiger partial charge on any atom is -0.494 e. The molecule has 1 saturated carbocycles. The van der Waals surface area contributed by atoms with Gasteiger partial charge in [-0.1, -0.05) is 0 Å².